The van der Waals surface area contributed by atoms with Gasteiger partial charge in [0, 0.05) is 29.7 Å². The van der Waals surface area contributed by atoms with Crippen molar-refractivity contribution < 1.29 is 4.79 Å². The van der Waals surface area contributed by atoms with Gasteiger partial charge in [-0.05, 0) is 25.1 Å². The number of hydrogen-bond acceptors (Lipinski definition) is 3. The standard InChI is InChI=1S/C15H24N2OS.ClH/c1-3-9-16-10-11-17-15(18)13(2)12-19-14-7-5-4-6-8-14;/h4-8,13,16H,3,9-12H2,1-2H3,(H,17,18);1H. The van der Waals surface area contributed by atoms with Gasteiger partial charge in [0.2, 0.25) is 5.91 Å². The molecule has 20 heavy (non-hydrogen) atoms. The van der Waals surface area contributed by atoms with E-state index in [9.17, 15) is 4.79 Å². The van der Waals surface area contributed by atoms with Crippen LogP contribution in [0.25, 0.3) is 0 Å². The molecule has 1 rings (SSSR count). The maximum absolute atomic E-state index is 11.8. The van der Waals surface area contributed by atoms with Gasteiger partial charge in [-0.2, -0.15) is 0 Å². The molecule has 1 aromatic rings. The van der Waals surface area contributed by atoms with Gasteiger partial charge in [0.25, 0.3) is 0 Å². The summed E-state index contributed by atoms with van der Waals surface area (Å²) < 4.78 is 0. The molecule has 1 unspecified atom stereocenters. The van der Waals surface area contributed by atoms with E-state index in [4.69, 9.17) is 0 Å². The molecule has 0 aromatic heterocycles. The molecular weight excluding hydrogens is 292 g/mol. The Bertz CT molecular complexity index is 362. The largest absolute Gasteiger partial charge is 0.355 e. The molecule has 3 nitrogen and oxygen atoms in total. The summed E-state index contributed by atoms with van der Waals surface area (Å²) >= 11 is 1.73. The highest BCUT2D eigenvalue weighted by molar-refractivity contribution is 7.99. The molecule has 1 aromatic carbocycles. The van der Waals surface area contributed by atoms with E-state index in [1.165, 1.54) is 4.90 Å². The number of rotatable bonds is 9. The van der Waals surface area contributed by atoms with Crippen molar-refractivity contribution in [3.05, 3.63) is 30.3 Å². The fourth-order valence-corrected chi connectivity index (χ4v) is 2.51. The van der Waals surface area contributed by atoms with E-state index in [2.05, 4.69) is 29.7 Å². The minimum absolute atomic E-state index is 0. The van der Waals surface area contributed by atoms with E-state index < -0.39 is 0 Å². The quantitative estimate of drug-likeness (QED) is 0.543. The second kappa shape index (κ2) is 12.1. The summed E-state index contributed by atoms with van der Waals surface area (Å²) in [5.74, 6) is 0.997. The Hall–Kier alpha value is -0.710. The molecule has 0 aliphatic carbocycles. The van der Waals surface area contributed by atoms with Crippen LogP contribution in [0, 0.1) is 5.92 Å². The zero-order valence-corrected chi connectivity index (χ0v) is 13.9. The van der Waals surface area contributed by atoms with E-state index >= 15 is 0 Å². The van der Waals surface area contributed by atoms with Crippen LogP contribution < -0.4 is 10.6 Å². The predicted molar refractivity (Wildman–Crippen MR) is 89.7 cm³/mol. The van der Waals surface area contributed by atoms with Gasteiger partial charge in [-0.15, -0.1) is 24.2 Å². The minimum atomic E-state index is 0. The summed E-state index contributed by atoms with van der Waals surface area (Å²) in [6.45, 7) is 6.67. The van der Waals surface area contributed by atoms with Crippen LogP contribution in [-0.4, -0.2) is 31.3 Å². The molecule has 0 aliphatic heterocycles. The molecule has 5 heteroatoms. The topological polar surface area (TPSA) is 41.1 Å². The Morgan fingerprint density at radius 1 is 1.20 bits per heavy atom. The Labute approximate surface area is 132 Å². The Balaban J connectivity index is 0.00000361. The Morgan fingerprint density at radius 3 is 2.55 bits per heavy atom. The first-order valence-corrected chi connectivity index (χ1v) is 7.89. The molecule has 1 amide bonds. The van der Waals surface area contributed by atoms with Gasteiger partial charge in [0.15, 0.2) is 0 Å². The molecule has 0 fully saturated rings. The lowest BCUT2D eigenvalue weighted by Crippen LogP contribution is -2.35. The fourth-order valence-electron chi connectivity index (χ4n) is 1.56. The highest BCUT2D eigenvalue weighted by Gasteiger charge is 2.12. The van der Waals surface area contributed by atoms with Crippen LogP contribution in [-0.2, 0) is 4.79 Å². The van der Waals surface area contributed by atoms with Crippen molar-refractivity contribution in [1.82, 2.24) is 10.6 Å². The second-order valence-corrected chi connectivity index (χ2v) is 5.66. The molecule has 0 spiro atoms. The van der Waals surface area contributed by atoms with Crippen LogP contribution >= 0.6 is 24.2 Å². The van der Waals surface area contributed by atoms with Gasteiger partial charge in [-0.1, -0.05) is 32.0 Å². The van der Waals surface area contributed by atoms with Gasteiger partial charge in [0.1, 0.15) is 0 Å². The maximum Gasteiger partial charge on any atom is 0.223 e. The van der Waals surface area contributed by atoms with Crippen molar-refractivity contribution in [3.8, 4) is 0 Å². The SMILES string of the molecule is CCCNCCNC(=O)C(C)CSc1ccccc1.Cl. The van der Waals surface area contributed by atoms with Crippen molar-refractivity contribution in [3.63, 3.8) is 0 Å². The van der Waals surface area contributed by atoms with Gasteiger partial charge < -0.3 is 10.6 Å². The number of halogens is 1. The van der Waals surface area contributed by atoms with Crippen molar-refractivity contribution in [2.45, 2.75) is 25.2 Å². The number of thioether (sulfide) groups is 1. The number of amides is 1. The summed E-state index contributed by atoms with van der Waals surface area (Å²) in [6, 6.07) is 10.2. The molecule has 0 heterocycles. The number of carbonyl (C=O) groups is 1. The molecule has 0 radical (unpaired) electrons. The third-order valence-corrected chi connectivity index (χ3v) is 3.99. The van der Waals surface area contributed by atoms with E-state index in [0.717, 1.165) is 25.3 Å². The summed E-state index contributed by atoms with van der Waals surface area (Å²) in [6.07, 6.45) is 1.12. The molecule has 1 atom stereocenters. The zero-order valence-electron chi connectivity index (χ0n) is 12.2. The highest BCUT2D eigenvalue weighted by Crippen LogP contribution is 2.19. The third kappa shape index (κ3) is 8.46. The van der Waals surface area contributed by atoms with Crippen molar-refractivity contribution in [2.24, 2.45) is 5.92 Å². The maximum atomic E-state index is 11.8. The van der Waals surface area contributed by atoms with Crippen LogP contribution in [0.3, 0.4) is 0 Å². The summed E-state index contributed by atoms with van der Waals surface area (Å²) in [5, 5.41) is 6.23. The lowest BCUT2D eigenvalue weighted by atomic mass is 10.2. The van der Waals surface area contributed by atoms with E-state index in [1.54, 1.807) is 11.8 Å². The molecule has 0 saturated carbocycles. The van der Waals surface area contributed by atoms with Gasteiger partial charge in [0.05, 0.1) is 0 Å². The monoisotopic (exact) mass is 316 g/mol. The van der Waals surface area contributed by atoms with E-state index in [0.29, 0.717) is 6.54 Å². The zero-order chi connectivity index (χ0) is 13.9. The molecular formula is C15H25ClN2OS. The first kappa shape index (κ1) is 19.3. The number of hydrogen-bond donors (Lipinski definition) is 2. The normalized spacial score (nSPS) is 11.5. The van der Waals surface area contributed by atoms with Crippen LogP contribution in [0.5, 0.6) is 0 Å². The average Bonchev–Trinajstić information content (AvgIpc) is 2.45. The second-order valence-electron chi connectivity index (χ2n) is 4.57. The van der Waals surface area contributed by atoms with Crippen molar-refractivity contribution in [1.29, 1.82) is 0 Å². The average molecular weight is 317 g/mol. The lowest BCUT2D eigenvalue weighted by molar-refractivity contribution is -0.123. The summed E-state index contributed by atoms with van der Waals surface area (Å²) in [5.41, 5.74) is 0. The van der Waals surface area contributed by atoms with E-state index in [-0.39, 0.29) is 24.2 Å². The third-order valence-electron chi connectivity index (χ3n) is 2.72. The van der Waals surface area contributed by atoms with Gasteiger partial charge >= 0.3 is 0 Å². The minimum Gasteiger partial charge on any atom is -0.355 e. The van der Waals surface area contributed by atoms with Crippen LogP contribution in [0.2, 0.25) is 0 Å². The first-order chi connectivity index (χ1) is 9.24. The lowest BCUT2D eigenvalue weighted by Gasteiger charge is -2.12. The smallest absolute Gasteiger partial charge is 0.223 e. The molecule has 2 N–H and O–H groups in total. The summed E-state index contributed by atoms with van der Waals surface area (Å²) in [4.78, 5) is 13.1. The van der Waals surface area contributed by atoms with Crippen LogP contribution in [0.4, 0.5) is 0 Å². The molecule has 0 bridgehead atoms. The Morgan fingerprint density at radius 2 is 1.90 bits per heavy atom. The van der Waals surface area contributed by atoms with Crippen molar-refractivity contribution >= 4 is 30.1 Å². The van der Waals surface area contributed by atoms with Crippen LogP contribution in [0.1, 0.15) is 20.3 Å². The number of benzene rings is 1. The molecule has 0 aliphatic rings. The van der Waals surface area contributed by atoms with Gasteiger partial charge in [-0.25, -0.2) is 0 Å². The first-order valence-electron chi connectivity index (χ1n) is 6.90. The predicted octanol–water partition coefficient (Wildman–Crippen LogP) is 2.95. The Kier molecular flexibility index (Phi) is 11.6. The number of nitrogens with one attached hydrogen (secondary N) is 2. The highest BCUT2D eigenvalue weighted by atomic mass is 35.5. The van der Waals surface area contributed by atoms with Crippen LogP contribution in [0.15, 0.2) is 35.2 Å². The molecule has 114 valence electrons. The van der Waals surface area contributed by atoms with E-state index in [1.807, 2.05) is 25.1 Å². The number of carbonyl (C=O) groups excluding carboxylic acids is 1. The van der Waals surface area contributed by atoms with Crippen molar-refractivity contribution in [2.75, 3.05) is 25.4 Å². The summed E-state index contributed by atoms with van der Waals surface area (Å²) in [7, 11) is 0. The van der Waals surface area contributed by atoms with Gasteiger partial charge in [-0.3, -0.25) is 4.79 Å². The molecule has 0 saturated heterocycles. The fraction of sp³-hybridized carbons (Fsp3) is 0.533.